The fourth-order valence-corrected chi connectivity index (χ4v) is 3.57. The molecule has 0 fully saturated rings. The standard InChI is InChI=1S/C20H21N3/c1-22(20-12-9-17-5-2-3-6-19(17)20)15-16-7-10-18(11-8-16)23-14-4-13-21-23/h2-8,10-11,13-14,20H,9,12,15H2,1H3/t20-/m0/s1. The van der Waals surface area contributed by atoms with Crippen molar-refractivity contribution in [2.75, 3.05) is 7.05 Å². The molecule has 0 aliphatic heterocycles. The van der Waals surface area contributed by atoms with Crippen LogP contribution in [0.3, 0.4) is 0 Å². The lowest BCUT2D eigenvalue weighted by molar-refractivity contribution is 0.236. The van der Waals surface area contributed by atoms with E-state index in [0.717, 1.165) is 12.2 Å². The van der Waals surface area contributed by atoms with Gasteiger partial charge >= 0.3 is 0 Å². The van der Waals surface area contributed by atoms with Crippen molar-refractivity contribution >= 4 is 0 Å². The number of aromatic nitrogens is 2. The summed E-state index contributed by atoms with van der Waals surface area (Å²) >= 11 is 0. The van der Waals surface area contributed by atoms with Crippen LogP contribution in [-0.4, -0.2) is 21.7 Å². The van der Waals surface area contributed by atoms with E-state index < -0.39 is 0 Å². The molecule has 0 radical (unpaired) electrons. The lowest BCUT2D eigenvalue weighted by atomic mass is 10.1. The van der Waals surface area contributed by atoms with Crippen LogP contribution in [0.4, 0.5) is 0 Å². The monoisotopic (exact) mass is 303 g/mol. The number of aryl methyl sites for hydroxylation is 1. The van der Waals surface area contributed by atoms with Gasteiger partial charge in [0.05, 0.1) is 5.69 Å². The van der Waals surface area contributed by atoms with Crippen molar-refractivity contribution in [3.05, 3.63) is 83.7 Å². The fourth-order valence-electron chi connectivity index (χ4n) is 3.57. The van der Waals surface area contributed by atoms with Crippen molar-refractivity contribution in [1.82, 2.24) is 14.7 Å². The van der Waals surface area contributed by atoms with Crippen molar-refractivity contribution in [3.8, 4) is 5.69 Å². The highest BCUT2D eigenvalue weighted by Crippen LogP contribution is 2.35. The Balaban J connectivity index is 1.48. The number of rotatable bonds is 4. The van der Waals surface area contributed by atoms with Crippen molar-refractivity contribution < 1.29 is 0 Å². The van der Waals surface area contributed by atoms with Gasteiger partial charge in [-0.1, -0.05) is 36.4 Å². The maximum atomic E-state index is 4.27. The summed E-state index contributed by atoms with van der Waals surface area (Å²) in [5.41, 5.74) is 5.46. The summed E-state index contributed by atoms with van der Waals surface area (Å²) in [4.78, 5) is 2.47. The molecule has 1 atom stereocenters. The van der Waals surface area contributed by atoms with E-state index in [0.29, 0.717) is 6.04 Å². The van der Waals surface area contributed by atoms with Gasteiger partial charge in [0.25, 0.3) is 0 Å². The fraction of sp³-hybridized carbons (Fsp3) is 0.250. The first-order valence-corrected chi connectivity index (χ1v) is 8.18. The molecule has 1 aliphatic rings. The molecule has 23 heavy (non-hydrogen) atoms. The largest absolute Gasteiger partial charge is 0.295 e. The Bertz CT molecular complexity index is 775. The van der Waals surface area contributed by atoms with Gasteiger partial charge in [-0.3, -0.25) is 4.90 Å². The molecule has 0 saturated heterocycles. The van der Waals surface area contributed by atoms with E-state index in [4.69, 9.17) is 0 Å². The van der Waals surface area contributed by atoms with E-state index in [9.17, 15) is 0 Å². The summed E-state index contributed by atoms with van der Waals surface area (Å²) in [7, 11) is 2.23. The Morgan fingerprint density at radius 2 is 1.91 bits per heavy atom. The van der Waals surface area contributed by atoms with Gasteiger partial charge in [-0.05, 0) is 54.8 Å². The van der Waals surface area contributed by atoms with Crippen LogP contribution in [0.1, 0.15) is 29.2 Å². The van der Waals surface area contributed by atoms with Gasteiger partial charge in [-0.25, -0.2) is 4.68 Å². The molecule has 0 N–H and O–H groups in total. The molecular formula is C20H21N3. The van der Waals surface area contributed by atoms with Crippen molar-refractivity contribution in [3.63, 3.8) is 0 Å². The Kier molecular flexibility index (Phi) is 3.72. The SMILES string of the molecule is CN(Cc1ccc(-n2cccn2)cc1)[C@H]1CCc2ccccc21. The molecule has 4 rings (SSSR count). The smallest absolute Gasteiger partial charge is 0.0645 e. The summed E-state index contributed by atoms with van der Waals surface area (Å²) in [6, 6.07) is 20.0. The molecule has 1 heterocycles. The van der Waals surface area contributed by atoms with E-state index in [1.165, 1.54) is 29.5 Å². The van der Waals surface area contributed by atoms with E-state index in [1.807, 2.05) is 16.9 Å². The molecule has 1 aromatic heterocycles. The Labute approximate surface area is 137 Å². The molecule has 3 heteroatoms. The molecule has 0 bridgehead atoms. The van der Waals surface area contributed by atoms with E-state index in [2.05, 4.69) is 65.6 Å². The molecule has 3 aromatic rings. The van der Waals surface area contributed by atoms with Crippen LogP contribution >= 0.6 is 0 Å². The highest BCUT2D eigenvalue weighted by atomic mass is 15.3. The molecule has 3 nitrogen and oxygen atoms in total. The zero-order valence-electron chi connectivity index (χ0n) is 13.4. The quantitative estimate of drug-likeness (QED) is 0.726. The first kappa shape index (κ1) is 14.2. The number of hydrogen-bond acceptors (Lipinski definition) is 2. The third-order valence-corrected chi connectivity index (χ3v) is 4.77. The topological polar surface area (TPSA) is 21.1 Å². The number of fused-ring (bicyclic) bond motifs is 1. The lowest BCUT2D eigenvalue weighted by Crippen LogP contribution is -2.22. The van der Waals surface area contributed by atoms with Gasteiger partial charge in [0.2, 0.25) is 0 Å². The first-order valence-electron chi connectivity index (χ1n) is 8.18. The predicted molar refractivity (Wildman–Crippen MR) is 92.5 cm³/mol. The van der Waals surface area contributed by atoms with Gasteiger partial charge in [0.15, 0.2) is 0 Å². The highest BCUT2D eigenvalue weighted by Gasteiger charge is 2.25. The zero-order valence-corrected chi connectivity index (χ0v) is 13.4. The Hall–Kier alpha value is -2.39. The van der Waals surface area contributed by atoms with Crippen LogP contribution in [0.25, 0.3) is 5.69 Å². The average Bonchev–Trinajstić information content (AvgIpc) is 3.25. The number of nitrogens with zero attached hydrogens (tertiary/aromatic N) is 3. The number of benzene rings is 2. The zero-order chi connectivity index (χ0) is 15.6. The minimum absolute atomic E-state index is 0.539. The van der Waals surface area contributed by atoms with E-state index in [-0.39, 0.29) is 0 Å². The second-order valence-corrected chi connectivity index (χ2v) is 6.29. The van der Waals surface area contributed by atoms with Gasteiger partial charge in [0, 0.05) is 25.0 Å². The van der Waals surface area contributed by atoms with Crippen molar-refractivity contribution in [1.29, 1.82) is 0 Å². The third-order valence-electron chi connectivity index (χ3n) is 4.77. The Morgan fingerprint density at radius 1 is 1.09 bits per heavy atom. The van der Waals surface area contributed by atoms with E-state index >= 15 is 0 Å². The maximum absolute atomic E-state index is 4.27. The first-order chi connectivity index (χ1) is 11.3. The predicted octanol–water partition coefficient (Wildman–Crippen LogP) is 3.99. The molecular weight excluding hydrogens is 282 g/mol. The van der Waals surface area contributed by atoms with Crippen LogP contribution < -0.4 is 0 Å². The Morgan fingerprint density at radius 3 is 2.70 bits per heavy atom. The summed E-state index contributed by atoms with van der Waals surface area (Å²) in [6.45, 7) is 0.971. The normalized spacial score (nSPS) is 16.7. The molecule has 1 aliphatic carbocycles. The molecule has 0 spiro atoms. The number of hydrogen-bond donors (Lipinski definition) is 0. The second-order valence-electron chi connectivity index (χ2n) is 6.29. The second kappa shape index (κ2) is 6.01. The summed E-state index contributed by atoms with van der Waals surface area (Å²) in [5, 5.41) is 4.27. The van der Waals surface area contributed by atoms with Crippen LogP contribution in [0.15, 0.2) is 67.0 Å². The van der Waals surface area contributed by atoms with Crippen molar-refractivity contribution in [2.24, 2.45) is 0 Å². The molecule has 0 saturated carbocycles. The van der Waals surface area contributed by atoms with Gasteiger partial charge in [-0.15, -0.1) is 0 Å². The molecule has 0 unspecified atom stereocenters. The third kappa shape index (κ3) is 2.80. The van der Waals surface area contributed by atoms with Crippen molar-refractivity contribution in [2.45, 2.75) is 25.4 Å². The minimum atomic E-state index is 0.539. The van der Waals surface area contributed by atoms with Crippen LogP contribution in [-0.2, 0) is 13.0 Å². The van der Waals surface area contributed by atoms with Crippen LogP contribution in [0.5, 0.6) is 0 Å². The minimum Gasteiger partial charge on any atom is -0.295 e. The van der Waals surface area contributed by atoms with E-state index in [1.54, 1.807) is 6.20 Å². The molecule has 2 aromatic carbocycles. The lowest BCUT2D eigenvalue weighted by Gasteiger charge is -2.25. The molecule has 0 amide bonds. The summed E-state index contributed by atoms with van der Waals surface area (Å²) in [6.07, 6.45) is 6.19. The average molecular weight is 303 g/mol. The highest BCUT2D eigenvalue weighted by molar-refractivity contribution is 5.36. The molecule has 116 valence electrons. The van der Waals surface area contributed by atoms with Gasteiger partial charge < -0.3 is 0 Å². The van der Waals surface area contributed by atoms with Crippen LogP contribution in [0.2, 0.25) is 0 Å². The maximum Gasteiger partial charge on any atom is 0.0645 e. The van der Waals surface area contributed by atoms with Crippen LogP contribution in [0, 0.1) is 0 Å². The summed E-state index contributed by atoms with van der Waals surface area (Å²) < 4.78 is 1.89. The summed E-state index contributed by atoms with van der Waals surface area (Å²) in [5.74, 6) is 0. The van der Waals surface area contributed by atoms with Gasteiger partial charge in [-0.2, -0.15) is 5.10 Å². The van der Waals surface area contributed by atoms with Gasteiger partial charge in [0.1, 0.15) is 0 Å².